The summed E-state index contributed by atoms with van der Waals surface area (Å²) in [5.74, 6) is -1.84. The van der Waals surface area contributed by atoms with Crippen LogP contribution in [0.5, 0.6) is 0 Å². The summed E-state index contributed by atoms with van der Waals surface area (Å²) >= 11 is 11.9. The van der Waals surface area contributed by atoms with Gasteiger partial charge >= 0.3 is 18.3 Å². The highest BCUT2D eigenvalue weighted by atomic mass is 35.5. The van der Waals surface area contributed by atoms with E-state index < -0.39 is 45.0 Å². The Labute approximate surface area is 257 Å². The summed E-state index contributed by atoms with van der Waals surface area (Å²) in [6.45, 7) is 1.17. The Morgan fingerprint density at radius 2 is 1.09 bits per heavy atom. The van der Waals surface area contributed by atoms with Crippen LogP contribution >= 0.6 is 45.9 Å². The number of halogens is 8. The normalized spacial score (nSPS) is 15.3. The summed E-state index contributed by atoms with van der Waals surface area (Å²) in [5, 5.41) is 8.17. The molecule has 5 heterocycles. The Hall–Kier alpha value is -2.82. The van der Waals surface area contributed by atoms with Crippen molar-refractivity contribution in [2.75, 3.05) is 13.1 Å². The van der Waals surface area contributed by atoms with Gasteiger partial charge in [0.2, 0.25) is 10.6 Å². The first kappa shape index (κ1) is 33.1. The molecule has 8 nitrogen and oxygen atoms in total. The van der Waals surface area contributed by atoms with E-state index in [-0.39, 0.29) is 42.7 Å². The zero-order chi connectivity index (χ0) is 31.5. The molecule has 4 aromatic heterocycles. The summed E-state index contributed by atoms with van der Waals surface area (Å²) in [6.07, 6.45) is 0.233. The molecule has 18 heteroatoms. The predicted molar refractivity (Wildman–Crippen MR) is 150 cm³/mol. The van der Waals surface area contributed by atoms with Crippen molar-refractivity contribution in [3.05, 3.63) is 43.8 Å². The fraction of sp³-hybridized carbons (Fsp3) is 0.440. The van der Waals surface area contributed by atoms with E-state index in [0.717, 1.165) is 25.0 Å². The molecule has 0 radical (unpaired) electrons. The highest BCUT2D eigenvalue weighted by Gasteiger charge is 2.35. The quantitative estimate of drug-likeness (QED) is 0.166. The maximum absolute atomic E-state index is 12.8. The molecule has 0 unspecified atom stereocenters. The van der Waals surface area contributed by atoms with Crippen molar-refractivity contribution in [2.45, 2.75) is 57.3 Å². The largest absolute Gasteiger partial charge is 0.476 e. The third kappa shape index (κ3) is 8.22. The van der Waals surface area contributed by atoms with Crippen molar-refractivity contribution in [2.24, 2.45) is 0 Å². The number of thiophene rings is 2. The summed E-state index contributed by atoms with van der Waals surface area (Å²) in [6, 6.07) is 1.65. The monoisotopic (exact) mass is 687 g/mol. The first-order valence-electron chi connectivity index (χ1n) is 12.8. The van der Waals surface area contributed by atoms with E-state index in [1.807, 2.05) is 0 Å². The first-order chi connectivity index (χ1) is 20.1. The van der Waals surface area contributed by atoms with Crippen LogP contribution in [0.3, 0.4) is 0 Å². The van der Waals surface area contributed by atoms with Crippen LogP contribution in [0.25, 0.3) is 20.4 Å². The van der Waals surface area contributed by atoms with Crippen molar-refractivity contribution in [3.8, 4) is 0 Å². The van der Waals surface area contributed by atoms with Gasteiger partial charge in [0.15, 0.2) is 11.4 Å². The summed E-state index contributed by atoms with van der Waals surface area (Å²) in [4.78, 5) is 37.6. The van der Waals surface area contributed by atoms with Gasteiger partial charge < -0.3 is 10.0 Å². The number of carboxylic acids is 1. The highest BCUT2D eigenvalue weighted by molar-refractivity contribution is 7.19. The number of aromatic nitrogens is 4. The van der Waals surface area contributed by atoms with Crippen molar-refractivity contribution in [1.82, 2.24) is 24.8 Å². The molecule has 1 aliphatic carbocycles. The SMILES string of the molecule is C1CCCC1.O=C(O)c1nc(Cl)nc2cc(C(F)(F)F)sc12.O=C(c1nc(Cl)nc2cc(C(F)(F)F)sc12)N1CCCC1. The van der Waals surface area contributed by atoms with Gasteiger partial charge in [-0.2, -0.15) is 26.3 Å². The zero-order valence-electron chi connectivity index (χ0n) is 21.9. The Bertz CT molecular complexity index is 1630. The fourth-order valence-corrected chi connectivity index (χ4v) is 6.57. The minimum atomic E-state index is -4.55. The molecule has 0 bridgehead atoms. The number of hydrogen-bond acceptors (Lipinski definition) is 8. The molecule has 0 spiro atoms. The van der Waals surface area contributed by atoms with Crippen molar-refractivity contribution in [1.29, 1.82) is 0 Å². The lowest BCUT2D eigenvalue weighted by atomic mass is 10.3. The van der Waals surface area contributed by atoms with Gasteiger partial charge in [0, 0.05) is 13.1 Å². The fourth-order valence-electron chi connectivity index (χ4n) is 4.33. The van der Waals surface area contributed by atoms with E-state index in [1.54, 1.807) is 4.90 Å². The third-order valence-electron chi connectivity index (χ3n) is 6.30. The number of likely N-dealkylation sites (tertiary alicyclic amines) is 1. The molecule has 4 aromatic rings. The number of rotatable bonds is 2. The number of amides is 1. The lowest BCUT2D eigenvalue weighted by Crippen LogP contribution is -2.28. The first-order valence-corrected chi connectivity index (χ1v) is 15.1. The van der Waals surface area contributed by atoms with Crippen LogP contribution in [-0.2, 0) is 12.4 Å². The maximum atomic E-state index is 12.8. The standard InChI is InChI=1S/C12H9ClF3N3OS.C8H2ClF3N2O2S.C5H10/c13-11-17-6-5-7(12(14,15)16)21-9(6)8(18-11)10(20)19-3-1-2-4-19;9-7-13-2-1-3(8(10,11)12)17-5(2)4(14-7)6(15)16;1-2-4-5-3-1/h5H,1-4H2;1H,(H,15,16);1-5H2. The van der Waals surface area contributed by atoms with Gasteiger partial charge in [-0.15, -0.1) is 22.7 Å². The van der Waals surface area contributed by atoms with E-state index in [4.69, 9.17) is 28.3 Å². The van der Waals surface area contributed by atoms with Crippen LogP contribution in [0.2, 0.25) is 10.6 Å². The van der Waals surface area contributed by atoms with Crippen LogP contribution in [0, 0.1) is 0 Å². The van der Waals surface area contributed by atoms with Gasteiger partial charge in [0.05, 0.1) is 20.4 Å². The number of fused-ring (bicyclic) bond motifs is 2. The van der Waals surface area contributed by atoms with E-state index in [0.29, 0.717) is 24.4 Å². The molecule has 1 N–H and O–H groups in total. The van der Waals surface area contributed by atoms with Crippen molar-refractivity contribution >= 4 is 78.2 Å². The molecular formula is C25H21Cl2F6N5O3S2. The molecule has 1 saturated heterocycles. The number of carbonyl (C=O) groups excluding carboxylic acids is 1. The van der Waals surface area contributed by atoms with Crippen molar-refractivity contribution < 1.29 is 41.0 Å². The predicted octanol–water partition coefficient (Wildman–Crippen LogP) is 8.61. The maximum Gasteiger partial charge on any atom is 0.425 e. The van der Waals surface area contributed by atoms with Gasteiger partial charge in [-0.25, -0.2) is 24.7 Å². The van der Waals surface area contributed by atoms with Crippen LogP contribution in [0.1, 0.15) is 75.7 Å². The summed E-state index contributed by atoms with van der Waals surface area (Å²) in [7, 11) is 0. The average molecular weight is 689 g/mol. The number of aromatic carboxylic acids is 1. The second-order valence-electron chi connectivity index (χ2n) is 9.40. The lowest BCUT2D eigenvalue weighted by molar-refractivity contribution is -0.135. The molecular weight excluding hydrogens is 667 g/mol. The molecule has 6 rings (SSSR count). The van der Waals surface area contributed by atoms with Gasteiger partial charge in [-0.1, -0.05) is 32.1 Å². The Morgan fingerprint density at radius 1 is 0.698 bits per heavy atom. The van der Waals surface area contributed by atoms with Crippen LogP contribution in [-0.4, -0.2) is 54.9 Å². The van der Waals surface area contributed by atoms with Gasteiger partial charge in [-0.05, 0) is 48.2 Å². The minimum Gasteiger partial charge on any atom is -0.476 e. The van der Waals surface area contributed by atoms with Crippen molar-refractivity contribution in [3.63, 3.8) is 0 Å². The molecule has 1 saturated carbocycles. The van der Waals surface area contributed by atoms with Crippen LogP contribution < -0.4 is 0 Å². The van der Waals surface area contributed by atoms with E-state index in [2.05, 4.69) is 19.9 Å². The van der Waals surface area contributed by atoms with Gasteiger partial charge in [0.1, 0.15) is 9.75 Å². The minimum absolute atomic E-state index is 0.0487. The summed E-state index contributed by atoms with van der Waals surface area (Å²) in [5.41, 5.74) is -0.650. The van der Waals surface area contributed by atoms with E-state index in [1.165, 1.54) is 32.1 Å². The topological polar surface area (TPSA) is 109 Å². The average Bonchev–Trinajstić information content (AvgIpc) is 3.73. The molecule has 0 aromatic carbocycles. The highest BCUT2D eigenvalue weighted by Crippen LogP contribution is 2.40. The smallest absolute Gasteiger partial charge is 0.425 e. The molecule has 2 fully saturated rings. The number of carboxylic acid groups (broad SMARTS) is 1. The second kappa shape index (κ2) is 13.4. The Balaban J connectivity index is 0.000000172. The van der Waals surface area contributed by atoms with Crippen LogP contribution in [0.4, 0.5) is 26.3 Å². The molecule has 0 atom stereocenters. The van der Waals surface area contributed by atoms with Gasteiger partial charge in [0.25, 0.3) is 5.91 Å². The third-order valence-corrected chi connectivity index (χ3v) is 8.99. The summed E-state index contributed by atoms with van der Waals surface area (Å²) < 4.78 is 75.7. The van der Waals surface area contributed by atoms with Gasteiger partial charge in [-0.3, -0.25) is 4.79 Å². The van der Waals surface area contributed by atoms with E-state index in [9.17, 15) is 35.9 Å². The number of hydrogen-bond donors (Lipinski definition) is 1. The van der Waals surface area contributed by atoms with Crippen LogP contribution in [0.15, 0.2) is 12.1 Å². The molecule has 43 heavy (non-hydrogen) atoms. The number of carbonyl (C=O) groups is 2. The number of alkyl halides is 6. The Morgan fingerprint density at radius 3 is 1.49 bits per heavy atom. The zero-order valence-corrected chi connectivity index (χ0v) is 25.0. The lowest BCUT2D eigenvalue weighted by Gasteiger charge is -2.14. The number of nitrogens with zero attached hydrogens (tertiary/aromatic N) is 5. The molecule has 1 amide bonds. The second-order valence-corrected chi connectivity index (χ2v) is 12.2. The molecule has 1 aliphatic heterocycles. The Kier molecular flexibility index (Phi) is 10.3. The molecule has 2 aliphatic rings. The van der Waals surface area contributed by atoms with E-state index >= 15 is 0 Å². The molecule has 232 valence electrons.